The van der Waals surface area contributed by atoms with E-state index in [4.69, 9.17) is 0 Å². The average Bonchev–Trinajstić information content (AvgIpc) is 2.23. The first-order valence-corrected chi connectivity index (χ1v) is 4.54. The lowest BCUT2D eigenvalue weighted by atomic mass is 9.92. The Morgan fingerprint density at radius 1 is 1.21 bits per heavy atom. The van der Waals surface area contributed by atoms with Crippen LogP contribution in [0.15, 0.2) is 24.3 Å². The zero-order valence-corrected chi connectivity index (χ0v) is 8.45. The van der Waals surface area contributed by atoms with Gasteiger partial charge < -0.3 is 15.0 Å². The van der Waals surface area contributed by atoms with Crippen LogP contribution in [-0.2, 0) is 4.79 Å². The molecule has 0 spiro atoms. The molecule has 0 N–H and O–H groups in total. The van der Waals surface area contributed by atoms with Crippen molar-refractivity contribution in [2.45, 2.75) is 26.1 Å². The third-order valence-electron chi connectivity index (χ3n) is 2.70. The molecule has 4 unspecified atom stereocenters. The Balaban J connectivity index is 3.02. The summed E-state index contributed by atoms with van der Waals surface area (Å²) < 4.78 is 0. The van der Waals surface area contributed by atoms with E-state index < -0.39 is 29.8 Å². The summed E-state index contributed by atoms with van der Waals surface area (Å²) in [6.07, 6.45) is -2.64. The summed E-state index contributed by atoms with van der Waals surface area (Å²) in [6.45, 7) is 10.4. The summed E-state index contributed by atoms with van der Waals surface area (Å²) in [5, 5.41) is 23.3. The van der Waals surface area contributed by atoms with Crippen LogP contribution in [0.25, 0.3) is 0 Å². The molecular formula is C11H14O3-2. The van der Waals surface area contributed by atoms with E-state index >= 15 is 0 Å². The van der Waals surface area contributed by atoms with Crippen molar-refractivity contribution < 1.29 is 15.0 Å². The first-order valence-electron chi connectivity index (χ1n) is 4.54. The van der Waals surface area contributed by atoms with Crippen LogP contribution in [0.2, 0.25) is 0 Å². The molecule has 0 radical (unpaired) electrons. The van der Waals surface area contributed by atoms with Gasteiger partial charge in [-0.2, -0.15) is 0 Å². The molecule has 3 heteroatoms. The van der Waals surface area contributed by atoms with Gasteiger partial charge in [0.25, 0.3) is 0 Å². The molecule has 1 aliphatic carbocycles. The minimum Gasteiger partial charge on any atom is -0.851 e. The summed E-state index contributed by atoms with van der Waals surface area (Å²) in [7, 11) is 0. The second-order valence-electron chi connectivity index (χ2n) is 3.98. The number of Topliss-reactive ketones (excluding diaryl/α,β-unsaturated/α-hetero) is 1. The van der Waals surface area contributed by atoms with Gasteiger partial charge in [-0.25, -0.2) is 0 Å². The molecular weight excluding hydrogens is 180 g/mol. The topological polar surface area (TPSA) is 63.2 Å². The van der Waals surface area contributed by atoms with E-state index in [0.717, 1.165) is 0 Å². The number of carbonyl (C=O) groups is 1. The van der Waals surface area contributed by atoms with Crippen LogP contribution in [0, 0.1) is 11.8 Å². The molecule has 0 saturated heterocycles. The minimum absolute atomic E-state index is 0.486. The zero-order chi connectivity index (χ0) is 11.0. The molecule has 3 nitrogen and oxygen atoms in total. The van der Waals surface area contributed by atoms with Gasteiger partial charge in [-0.05, 0) is 19.8 Å². The standard InChI is InChI=1S/C11H14O3/c1-5(2)7-9(12)8(6(3)4)11(14)10(7)13/h7-10H,1,3H2,2,4H3/q-2. The lowest BCUT2D eigenvalue weighted by Gasteiger charge is -2.33. The third-order valence-corrected chi connectivity index (χ3v) is 2.70. The highest BCUT2D eigenvalue weighted by atomic mass is 16.3. The van der Waals surface area contributed by atoms with E-state index in [1.54, 1.807) is 13.8 Å². The van der Waals surface area contributed by atoms with Crippen molar-refractivity contribution in [3.8, 4) is 0 Å². The molecule has 1 aliphatic rings. The molecule has 1 rings (SSSR count). The van der Waals surface area contributed by atoms with Crippen LogP contribution in [-0.4, -0.2) is 18.0 Å². The highest BCUT2D eigenvalue weighted by Gasteiger charge is 2.38. The predicted octanol–water partition coefficient (Wildman–Crippen LogP) is -0.588. The highest BCUT2D eigenvalue weighted by molar-refractivity contribution is 5.91. The molecule has 0 aromatic carbocycles. The second-order valence-corrected chi connectivity index (χ2v) is 3.98. The second kappa shape index (κ2) is 3.67. The Labute approximate surface area is 83.8 Å². The maximum atomic E-state index is 11.8. The largest absolute Gasteiger partial charge is 0.851 e. The molecule has 0 heterocycles. The van der Waals surface area contributed by atoms with Crippen molar-refractivity contribution in [1.82, 2.24) is 0 Å². The van der Waals surface area contributed by atoms with Gasteiger partial charge in [0.2, 0.25) is 0 Å². The molecule has 0 amide bonds. The number of ketones is 1. The van der Waals surface area contributed by atoms with Gasteiger partial charge in [0, 0.05) is 5.92 Å². The zero-order valence-electron chi connectivity index (χ0n) is 8.45. The Morgan fingerprint density at radius 3 is 1.93 bits per heavy atom. The molecule has 0 aromatic rings. The van der Waals surface area contributed by atoms with Crippen LogP contribution in [0.1, 0.15) is 13.8 Å². The summed E-state index contributed by atoms with van der Waals surface area (Å²) in [5.41, 5.74) is 0.988. The number of rotatable bonds is 2. The molecule has 14 heavy (non-hydrogen) atoms. The average molecular weight is 194 g/mol. The van der Waals surface area contributed by atoms with Gasteiger partial charge in [0.05, 0.1) is 0 Å². The first-order chi connectivity index (χ1) is 6.37. The van der Waals surface area contributed by atoms with Crippen molar-refractivity contribution in [2.75, 3.05) is 0 Å². The van der Waals surface area contributed by atoms with E-state index in [2.05, 4.69) is 13.2 Å². The SMILES string of the molecule is C=C(C)C1C(=O)C([O-])C(C(=C)C)C1[O-]. The fourth-order valence-corrected chi connectivity index (χ4v) is 1.96. The van der Waals surface area contributed by atoms with Crippen LogP contribution in [0.3, 0.4) is 0 Å². The van der Waals surface area contributed by atoms with Crippen molar-refractivity contribution in [2.24, 2.45) is 11.8 Å². The molecule has 78 valence electrons. The fraction of sp³-hybridized carbons (Fsp3) is 0.545. The molecule has 0 aromatic heterocycles. The van der Waals surface area contributed by atoms with Crippen LogP contribution < -0.4 is 10.2 Å². The molecule has 4 atom stereocenters. The number of carbonyl (C=O) groups excluding carboxylic acids is 1. The number of hydrogen-bond donors (Lipinski definition) is 0. The highest BCUT2D eigenvalue weighted by Crippen LogP contribution is 2.33. The predicted molar refractivity (Wildman–Crippen MR) is 49.2 cm³/mol. The Hall–Kier alpha value is -0.930. The van der Waals surface area contributed by atoms with Crippen LogP contribution in [0.5, 0.6) is 0 Å². The summed E-state index contributed by atoms with van der Waals surface area (Å²) in [6, 6.07) is 0. The molecule has 0 bridgehead atoms. The van der Waals surface area contributed by atoms with Gasteiger partial charge in [-0.15, -0.1) is 6.10 Å². The fourth-order valence-electron chi connectivity index (χ4n) is 1.96. The lowest BCUT2D eigenvalue weighted by molar-refractivity contribution is -0.459. The molecule has 0 aliphatic heterocycles. The lowest BCUT2D eigenvalue weighted by Crippen LogP contribution is -2.41. The normalized spacial score (nSPS) is 37.3. The monoisotopic (exact) mass is 194 g/mol. The van der Waals surface area contributed by atoms with Gasteiger partial charge in [-0.1, -0.05) is 30.4 Å². The maximum Gasteiger partial charge on any atom is 0.126 e. The van der Waals surface area contributed by atoms with Gasteiger partial charge in [0.1, 0.15) is 5.78 Å². The van der Waals surface area contributed by atoms with Crippen LogP contribution in [0.4, 0.5) is 0 Å². The minimum atomic E-state index is -1.45. The smallest absolute Gasteiger partial charge is 0.126 e. The Bertz CT molecular complexity index is 293. The van der Waals surface area contributed by atoms with Crippen molar-refractivity contribution in [1.29, 1.82) is 0 Å². The summed E-state index contributed by atoms with van der Waals surface area (Å²) >= 11 is 0. The van der Waals surface area contributed by atoms with Gasteiger partial charge in [0.15, 0.2) is 0 Å². The van der Waals surface area contributed by atoms with E-state index in [9.17, 15) is 15.0 Å². The molecule has 1 fully saturated rings. The van der Waals surface area contributed by atoms with Gasteiger partial charge >= 0.3 is 0 Å². The first kappa shape index (κ1) is 11.1. The van der Waals surface area contributed by atoms with E-state index in [1.807, 2.05) is 0 Å². The van der Waals surface area contributed by atoms with Crippen molar-refractivity contribution >= 4 is 5.78 Å². The van der Waals surface area contributed by atoms with Gasteiger partial charge in [-0.3, -0.25) is 0 Å². The Morgan fingerprint density at radius 2 is 1.71 bits per heavy atom. The maximum absolute atomic E-state index is 11.8. The van der Waals surface area contributed by atoms with Crippen molar-refractivity contribution in [3.05, 3.63) is 24.3 Å². The van der Waals surface area contributed by atoms with E-state index in [1.165, 1.54) is 0 Å². The number of hydrogen-bond acceptors (Lipinski definition) is 3. The van der Waals surface area contributed by atoms with Crippen molar-refractivity contribution in [3.63, 3.8) is 0 Å². The summed E-state index contributed by atoms with van der Waals surface area (Å²) in [5.74, 6) is -2.12. The Kier molecular flexibility index (Phi) is 2.92. The van der Waals surface area contributed by atoms with E-state index in [-0.39, 0.29) is 0 Å². The van der Waals surface area contributed by atoms with Crippen LogP contribution >= 0.6 is 0 Å². The quantitative estimate of drug-likeness (QED) is 0.552. The molecule has 1 saturated carbocycles. The van der Waals surface area contributed by atoms with E-state index in [0.29, 0.717) is 11.1 Å². The third kappa shape index (κ3) is 1.53. The summed E-state index contributed by atoms with van der Waals surface area (Å²) in [4.78, 5) is 11.5.